The first-order chi connectivity index (χ1) is 13.1. The summed E-state index contributed by atoms with van der Waals surface area (Å²) in [7, 11) is 4.34. The Hall–Kier alpha value is -2.37. The molecule has 0 amide bonds. The number of quaternary nitrogens is 1. The molecule has 0 spiro atoms. The predicted octanol–water partition coefficient (Wildman–Crippen LogP) is 2.30. The maximum atomic E-state index is 5.49. The molecule has 142 valence electrons. The van der Waals surface area contributed by atoms with Crippen LogP contribution in [0, 0.1) is 0 Å². The smallest absolute Gasteiger partial charge is 0.166 e. The highest BCUT2D eigenvalue weighted by Crippen LogP contribution is 2.30. The third kappa shape index (κ3) is 5.31. The molecule has 0 unspecified atom stereocenters. The number of fused-ring (bicyclic) bond motifs is 1. The Morgan fingerprint density at radius 1 is 1.04 bits per heavy atom. The molecular formula is C22H29N4S+. The first-order valence-electron chi connectivity index (χ1n) is 9.57. The number of aromatic amines is 1. The number of nitrogens with one attached hydrogen (secondary N) is 4. The number of hydrogen-bond acceptors (Lipinski definition) is 1. The first kappa shape index (κ1) is 19.4. The van der Waals surface area contributed by atoms with Gasteiger partial charge in [0.2, 0.25) is 0 Å². The topological polar surface area (TPSA) is 44.3 Å². The summed E-state index contributed by atoms with van der Waals surface area (Å²) < 4.78 is 0. The molecular weight excluding hydrogens is 352 g/mol. The van der Waals surface area contributed by atoms with E-state index >= 15 is 0 Å². The summed E-state index contributed by atoms with van der Waals surface area (Å²) in [5.41, 5.74) is 3.75. The Kier molecular flexibility index (Phi) is 6.85. The molecule has 4 N–H and O–H groups in total. The van der Waals surface area contributed by atoms with Gasteiger partial charge in [-0.25, -0.2) is 0 Å². The lowest BCUT2D eigenvalue weighted by Gasteiger charge is -2.20. The molecule has 3 rings (SSSR count). The molecule has 5 heteroatoms. The molecule has 0 fully saturated rings. The zero-order chi connectivity index (χ0) is 19.1. The second kappa shape index (κ2) is 9.53. The van der Waals surface area contributed by atoms with E-state index in [2.05, 4.69) is 90.5 Å². The van der Waals surface area contributed by atoms with Crippen molar-refractivity contribution in [2.24, 2.45) is 0 Å². The Morgan fingerprint density at radius 3 is 2.56 bits per heavy atom. The third-order valence-corrected chi connectivity index (χ3v) is 5.09. The molecule has 0 aliphatic rings. The molecule has 4 nitrogen and oxygen atoms in total. The largest absolute Gasteiger partial charge is 0.363 e. The van der Waals surface area contributed by atoms with Crippen molar-refractivity contribution in [3.63, 3.8) is 0 Å². The average Bonchev–Trinajstić information content (AvgIpc) is 3.10. The van der Waals surface area contributed by atoms with Crippen LogP contribution in [0.2, 0.25) is 0 Å². The normalized spacial score (nSPS) is 12.3. The van der Waals surface area contributed by atoms with Crippen LogP contribution in [0.4, 0.5) is 0 Å². The minimum Gasteiger partial charge on any atom is -0.363 e. The average molecular weight is 382 g/mol. The molecule has 1 heterocycles. The monoisotopic (exact) mass is 381 g/mol. The molecule has 1 aromatic heterocycles. The van der Waals surface area contributed by atoms with Gasteiger partial charge in [0.15, 0.2) is 5.11 Å². The van der Waals surface area contributed by atoms with E-state index in [1.54, 1.807) is 0 Å². The van der Waals surface area contributed by atoms with Crippen molar-refractivity contribution >= 4 is 28.2 Å². The maximum Gasteiger partial charge on any atom is 0.166 e. The standard InChI is InChI=1S/C22H28N4S/c1-26(2)14-8-13-23-22(27)25-15-19(17-9-4-3-5-10-17)20-16-24-21-12-7-6-11-18(20)21/h3-7,9-12,16,19,24H,8,13-15H2,1-2H3,(H2,23,25,27)/p+1/t19-/m1/s1. The number of hydrogen-bond donors (Lipinski definition) is 4. The van der Waals surface area contributed by atoms with Gasteiger partial charge < -0.3 is 20.5 Å². The molecule has 0 saturated heterocycles. The summed E-state index contributed by atoms with van der Waals surface area (Å²) in [6.07, 6.45) is 3.23. The molecule has 0 aliphatic carbocycles. The second-order valence-corrected chi connectivity index (χ2v) is 7.61. The van der Waals surface area contributed by atoms with Crippen molar-refractivity contribution in [2.75, 3.05) is 33.7 Å². The van der Waals surface area contributed by atoms with Gasteiger partial charge in [-0.1, -0.05) is 48.5 Å². The Morgan fingerprint density at radius 2 is 1.78 bits per heavy atom. The van der Waals surface area contributed by atoms with Crippen molar-refractivity contribution in [1.29, 1.82) is 0 Å². The van der Waals surface area contributed by atoms with Gasteiger partial charge in [0, 0.05) is 42.5 Å². The van der Waals surface area contributed by atoms with Gasteiger partial charge in [0.05, 0.1) is 20.6 Å². The third-order valence-electron chi connectivity index (χ3n) is 4.80. The number of H-pyrrole nitrogens is 1. The highest BCUT2D eigenvalue weighted by molar-refractivity contribution is 7.80. The number of benzene rings is 2. The zero-order valence-corrected chi connectivity index (χ0v) is 16.9. The minimum absolute atomic E-state index is 0.230. The summed E-state index contributed by atoms with van der Waals surface area (Å²) in [6.45, 7) is 2.80. The van der Waals surface area contributed by atoms with Crippen LogP contribution in [-0.4, -0.2) is 43.8 Å². The summed E-state index contributed by atoms with van der Waals surface area (Å²) in [5, 5.41) is 8.74. The molecule has 0 aliphatic heterocycles. The Balaban J connectivity index is 1.70. The fourth-order valence-corrected chi connectivity index (χ4v) is 3.56. The second-order valence-electron chi connectivity index (χ2n) is 7.20. The van der Waals surface area contributed by atoms with Crippen molar-refractivity contribution in [3.05, 3.63) is 71.9 Å². The van der Waals surface area contributed by atoms with E-state index < -0.39 is 0 Å². The van der Waals surface area contributed by atoms with Gasteiger partial charge in [0.1, 0.15) is 0 Å². The van der Waals surface area contributed by atoms with Gasteiger partial charge in [0.25, 0.3) is 0 Å². The van der Waals surface area contributed by atoms with Crippen LogP contribution in [-0.2, 0) is 0 Å². The highest BCUT2D eigenvalue weighted by Gasteiger charge is 2.18. The van der Waals surface area contributed by atoms with Crippen LogP contribution in [0.5, 0.6) is 0 Å². The fraction of sp³-hybridized carbons (Fsp3) is 0.318. The summed E-state index contributed by atoms with van der Waals surface area (Å²) in [4.78, 5) is 4.86. The maximum absolute atomic E-state index is 5.49. The zero-order valence-electron chi connectivity index (χ0n) is 16.1. The van der Waals surface area contributed by atoms with Crippen molar-refractivity contribution in [1.82, 2.24) is 15.6 Å². The molecule has 2 aromatic carbocycles. The lowest BCUT2D eigenvalue weighted by Crippen LogP contribution is -3.05. The van der Waals surface area contributed by atoms with E-state index in [-0.39, 0.29) is 5.92 Å². The molecule has 0 radical (unpaired) electrons. The van der Waals surface area contributed by atoms with Crippen LogP contribution >= 0.6 is 12.2 Å². The predicted molar refractivity (Wildman–Crippen MR) is 117 cm³/mol. The quantitative estimate of drug-likeness (QED) is 0.358. The molecule has 27 heavy (non-hydrogen) atoms. The summed E-state index contributed by atoms with van der Waals surface area (Å²) in [5.74, 6) is 0.230. The SMILES string of the molecule is C[NH+](C)CCCNC(=S)NC[C@H](c1ccccc1)c1c[nH]c2ccccc12. The van der Waals surface area contributed by atoms with E-state index in [0.717, 1.165) is 31.2 Å². The Labute approximate surface area is 167 Å². The van der Waals surface area contributed by atoms with E-state index in [9.17, 15) is 0 Å². The van der Waals surface area contributed by atoms with Crippen molar-refractivity contribution in [2.45, 2.75) is 12.3 Å². The van der Waals surface area contributed by atoms with Gasteiger partial charge in [-0.15, -0.1) is 0 Å². The van der Waals surface area contributed by atoms with Gasteiger partial charge >= 0.3 is 0 Å². The number of para-hydroxylation sites is 1. The summed E-state index contributed by atoms with van der Waals surface area (Å²) in [6, 6.07) is 19.1. The summed E-state index contributed by atoms with van der Waals surface area (Å²) >= 11 is 5.49. The minimum atomic E-state index is 0.230. The first-order valence-corrected chi connectivity index (χ1v) is 9.97. The Bertz CT molecular complexity index is 857. The molecule has 3 aromatic rings. The lowest BCUT2D eigenvalue weighted by molar-refractivity contribution is -0.858. The van der Waals surface area contributed by atoms with Crippen LogP contribution in [0.3, 0.4) is 0 Å². The highest BCUT2D eigenvalue weighted by atomic mass is 32.1. The van der Waals surface area contributed by atoms with Crippen molar-refractivity contribution < 1.29 is 4.90 Å². The number of thiocarbonyl (C=S) groups is 1. The fourth-order valence-electron chi connectivity index (χ4n) is 3.38. The van der Waals surface area contributed by atoms with E-state index in [1.165, 1.54) is 26.9 Å². The number of aromatic nitrogens is 1. The van der Waals surface area contributed by atoms with Crippen molar-refractivity contribution in [3.8, 4) is 0 Å². The van der Waals surface area contributed by atoms with E-state index in [0.29, 0.717) is 0 Å². The molecule has 0 bridgehead atoms. The van der Waals surface area contributed by atoms with Gasteiger partial charge in [-0.3, -0.25) is 0 Å². The van der Waals surface area contributed by atoms with Crippen LogP contribution in [0.1, 0.15) is 23.5 Å². The van der Waals surface area contributed by atoms with Crippen LogP contribution in [0.15, 0.2) is 60.8 Å². The molecule has 0 saturated carbocycles. The molecule has 1 atom stereocenters. The van der Waals surface area contributed by atoms with Gasteiger partial charge in [-0.2, -0.15) is 0 Å². The van der Waals surface area contributed by atoms with Gasteiger partial charge in [-0.05, 0) is 29.4 Å². The lowest BCUT2D eigenvalue weighted by atomic mass is 9.91. The van der Waals surface area contributed by atoms with E-state index in [4.69, 9.17) is 12.2 Å². The van der Waals surface area contributed by atoms with Crippen LogP contribution < -0.4 is 15.5 Å². The van der Waals surface area contributed by atoms with Crippen LogP contribution in [0.25, 0.3) is 10.9 Å². The van der Waals surface area contributed by atoms with E-state index in [1.807, 2.05) is 0 Å². The number of rotatable bonds is 8.